The van der Waals surface area contributed by atoms with Crippen molar-refractivity contribution in [3.8, 4) is 11.5 Å². The standard InChI is InChI=1S/C11H13F3O3/c1-2-8(7-15)16-9-3-5-10(6-4-9)17-11(12,13)14/h3-6,8,15H,2,7H2,1H3. The molecule has 0 aliphatic heterocycles. The molecular weight excluding hydrogens is 237 g/mol. The molecule has 0 radical (unpaired) electrons. The summed E-state index contributed by atoms with van der Waals surface area (Å²) >= 11 is 0. The topological polar surface area (TPSA) is 38.7 Å². The van der Waals surface area contributed by atoms with Crippen LogP contribution in [0.2, 0.25) is 0 Å². The molecule has 1 aromatic rings. The van der Waals surface area contributed by atoms with Gasteiger partial charge in [0, 0.05) is 0 Å². The Morgan fingerprint density at radius 1 is 1.18 bits per heavy atom. The molecule has 17 heavy (non-hydrogen) atoms. The van der Waals surface area contributed by atoms with Crippen LogP contribution >= 0.6 is 0 Å². The van der Waals surface area contributed by atoms with Crippen LogP contribution in [0.15, 0.2) is 24.3 Å². The minimum atomic E-state index is -4.70. The molecule has 0 saturated carbocycles. The van der Waals surface area contributed by atoms with Crippen molar-refractivity contribution in [1.29, 1.82) is 0 Å². The molecule has 1 N–H and O–H groups in total. The second-order valence-corrected chi connectivity index (χ2v) is 3.35. The third-order valence-electron chi connectivity index (χ3n) is 2.02. The van der Waals surface area contributed by atoms with E-state index in [0.29, 0.717) is 12.2 Å². The summed E-state index contributed by atoms with van der Waals surface area (Å²) in [5.41, 5.74) is 0. The van der Waals surface area contributed by atoms with Crippen LogP contribution in [0.25, 0.3) is 0 Å². The van der Waals surface area contributed by atoms with Crippen molar-refractivity contribution in [1.82, 2.24) is 0 Å². The zero-order valence-corrected chi connectivity index (χ0v) is 9.20. The van der Waals surface area contributed by atoms with Crippen molar-refractivity contribution < 1.29 is 27.8 Å². The van der Waals surface area contributed by atoms with Crippen molar-refractivity contribution in [2.45, 2.75) is 25.8 Å². The minimum absolute atomic E-state index is 0.142. The number of halogens is 3. The summed E-state index contributed by atoms with van der Waals surface area (Å²) in [4.78, 5) is 0. The van der Waals surface area contributed by atoms with Gasteiger partial charge in [-0.2, -0.15) is 0 Å². The van der Waals surface area contributed by atoms with E-state index in [-0.39, 0.29) is 18.5 Å². The molecule has 1 aromatic carbocycles. The van der Waals surface area contributed by atoms with Gasteiger partial charge in [0.25, 0.3) is 0 Å². The van der Waals surface area contributed by atoms with Gasteiger partial charge in [0.15, 0.2) is 0 Å². The Kier molecular flexibility index (Phi) is 4.62. The van der Waals surface area contributed by atoms with Crippen LogP contribution in [0.4, 0.5) is 13.2 Å². The monoisotopic (exact) mass is 250 g/mol. The number of alkyl halides is 3. The molecule has 0 saturated heterocycles. The lowest BCUT2D eigenvalue weighted by molar-refractivity contribution is -0.274. The average Bonchev–Trinajstić information content (AvgIpc) is 2.26. The van der Waals surface area contributed by atoms with Crippen LogP contribution in [-0.2, 0) is 0 Å². The molecule has 1 rings (SSSR count). The molecule has 1 atom stereocenters. The third kappa shape index (κ3) is 4.95. The van der Waals surface area contributed by atoms with E-state index in [9.17, 15) is 13.2 Å². The van der Waals surface area contributed by atoms with E-state index < -0.39 is 6.36 Å². The van der Waals surface area contributed by atoms with Gasteiger partial charge in [-0.15, -0.1) is 13.2 Å². The highest BCUT2D eigenvalue weighted by atomic mass is 19.4. The van der Waals surface area contributed by atoms with Crippen LogP contribution in [0.1, 0.15) is 13.3 Å². The van der Waals surface area contributed by atoms with Crippen molar-refractivity contribution in [2.75, 3.05) is 6.61 Å². The summed E-state index contributed by atoms with van der Waals surface area (Å²) in [6.07, 6.45) is -4.44. The third-order valence-corrected chi connectivity index (χ3v) is 2.02. The maximum atomic E-state index is 11.9. The molecule has 0 aromatic heterocycles. The quantitative estimate of drug-likeness (QED) is 0.873. The Labute approximate surface area is 96.8 Å². The zero-order valence-electron chi connectivity index (χ0n) is 9.20. The fourth-order valence-electron chi connectivity index (χ4n) is 1.16. The van der Waals surface area contributed by atoms with Gasteiger partial charge in [-0.3, -0.25) is 0 Å². The molecule has 0 amide bonds. The zero-order chi connectivity index (χ0) is 12.9. The Morgan fingerprint density at radius 2 is 1.71 bits per heavy atom. The highest BCUT2D eigenvalue weighted by molar-refractivity contribution is 5.31. The summed E-state index contributed by atoms with van der Waals surface area (Å²) in [5.74, 6) is 0.0855. The first-order valence-corrected chi connectivity index (χ1v) is 5.08. The van der Waals surface area contributed by atoms with Gasteiger partial charge in [-0.25, -0.2) is 0 Å². The molecule has 0 bridgehead atoms. The summed E-state index contributed by atoms with van der Waals surface area (Å²) in [7, 11) is 0. The van der Waals surface area contributed by atoms with Crippen molar-refractivity contribution in [3.05, 3.63) is 24.3 Å². The fourth-order valence-corrected chi connectivity index (χ4v) is 1.16. The van der Waals surface area contributed by atoms with Crippen LogP contribution < -0.4 is 9.47 Å². The van der Waals surface area contributed by atoms with Crippen molar-refractivity contribution in [3.63, 3.8) is 0 Å². The van der Waals surface area contributed by atoms with Crippen LogP contribution in [0, 0.1) is 0 Å². The lowest BCUT2D eigenvalue weighted by Crippen LogP contribution is -2.20. The highest BCUT2D eigenvalue weighted by Crippen LogP contribution is 2.25. The number of ether oxygens (including phenoxy) is 2. The first-order chi connectivity index (χ1) is 7.94. The van der Waals surface area contributed by atoms with Gasteiger partial charge in [-0.05, 0) is 30.7 Å². The predicted octanol–water partition coefficient (Wildman–Crippen LogP) is 2.73. The van der Waals surface area contributed by atoms with Crippen molar-refractivity contribution >= 4 is 0 Å². The number of aliphatic hydroxyl groups is 1. The van der Waals surface area contributed by atoms with E-state index in [1.165, 1.54) is 12.1 Å². The second kappa shape index (κ2) is 5.77. The summed E-state index contributed by atoms with van der Waals surface area (Å²) in [6.45, 7) is 1.69. The Hall–Kier alpha value is -1.43. The summed E-state index contributed by atoms with van der Waals surface area (Å²) in [6, 6.07) is 5.04. The molecule has 96 valence electrons. The van der Waals surface area contributed by atoms with Gasteiger partial charge in [0.2, 0.25) is 0 Å². The summed E-state index contributed by atoms with van der Waals surface area (Å²) < 4.78 is 44.6. The predicted molar refractivity (Wildman–Crippen MR) is 54.9 cm³/mol. The summed E-state index contributed by atoms with van der Waals surface area (Å²) in [5, 5.41) is 8.90. The minimum Gasteiger partial charge on any atom is -0.488 e. The molecule has 6 heteroatoms. The normalized spacial score (nSPS) is 13.2. The van der Waals surface area contributed by atoms with Gasteiger partial charge < -0.3 is 14.6 Å². The average molecular weight is 250 g/mol. The Morgan fingerprint density at radius 3 is 2.12 bits per heavy atom. The lowest BCUT2D eigenvalue weighted by atomic mass is 10.3. The SMILES string of the molecule is CCC(CO)Oc1ccc(OC(F)(F)F)cc1. The van der Waals surface area contributed by atoms with Crippen LogP contribution in [-0.4, -0.2) is 24.2 Å². The molecule has 0 heterocycles. The smallest absolute Gasteiger partial charge is 0.488 e. The molecule has 0 aliphatic carbocycles. The second-order valence-electron chi connectivity index (χ2n) is 3.35. The van der Waals surface area contributed by atoms with Crippen molar-refractivity contribution in [2.24, 2.45) is 0 Å². The van der Waals surface area contributed by atoms with E-state index in [0.717, 1.165) is 12.1 Å². The number of rotatable bonds is 5. The van der Waals surface area contributed by atoms with Gasteiger partial charge >= 0.3 is 6.36 Å². The number of benzene rings is 1. The first-order valence-electron chi connectivity index (χ1n) is 5.08. The number of hydrogen-bond acceptors (Lipinski definition) is 3. The maximum Gasteiger partial charge on any atom is 0.573 e. The largest absolute Gasteiger partial charge is 0.573 e. The fraction of sp³-hybridized carbons (Fsp3) is 0.455. The highest BCUT2D eigenvalue weighted by Gasteiger charge is 2.30. The van der Waals surface area contributed by atoms with Gasteiger partial charge in [0.05, 0.1) is 6.61 Å². The molecule has 0 spiro atoms. The van der Waals surface area contributed by atoms with E-state index >= 15 is 0 Å². The maximum absolute atomic E-state index is 11.9. The van der Waals surface area contributed by atoms with E-state index in [2.05, 4.69) is 4.74 Å². The first kappa shape index (κ1) is 13.6. The van der Waals surface area contributed by atoms with Crippen LogP contribution in [0.5, 0.6) is 11.5 Å². The van der Waals surface area contributed by atoms with E-state index in [1.54, 1.807) is 0 Å². The van der Waals surface area contributed by atoms with E-state index in [4.69, 9.17) is 9.84 Å². The number of hydrogen-bond donors (Lipinski definition) is 1. The molecule has 0 aliphatic rings. The number of aliphatic hydroxyl groups excluding tert-OH is 1. The molecular formula is C11H13F3O3. The lowest BCUT2D eigenvalue weighted by Gasteiger charge is -2.15. The molecule has 3 nitrogen and oxygen atoms in total. The molecule has 1 unspecified atom stereocenters. The molecule has 0 fully saturated rings. The Balaban J connectivity index is 2.62. The van der Waals surface area contributed by atoms with Gasteiger partial charge in [-0.1, -0.05) is 6.92 Å². The van der Waals surface area contributed by atoms with E-state index in [1.807, 2.05) is 6.92 Å². The Bertz CT molecular complexity index is 331. The van der Waals surface area contributed by atoms with Crippen LogP contribution in [0.3, 0.4) is 0 Å². The van der Waals surface area contributed by atoms with Gasteiger partial charge in [0.1, 0.15) is 17.6 Å².